The summed E-state index contributed by atoms with van der Waals surface area (Å²) in [6.07, 6.45) is 2.62. The molecule has 2 aliphatic heterocycles. The first-order valence-electron chi connectivity index (χ1n) is 11.4. The van der Waals surface area contributed by atoms with Crippen LogP contribution in [0.15, 0.2) is 15.6 Å². The molecule has 0 amide bonds. The van der Waals surface area contributed by atoms with Crippen molar-refractivity contribution in [1.29, 1.82) is 0 Å². The van der Waals surface area contributed by atoms with E-state index in [1.54, 1.807) is 0 Å². The molecule has 1 N–H and O–H groups in total. The van der Waals surface area contributed by atoms with Crippen molar-refractivity contribution in [2.24, 2.45) is 16.8 Å². The molecule has 1 aromatic rings. The molecule has 3 heterocycles. The van der Waals surface area contributed by atoms with Gasteiger partial charge in [0.2, 0.25) is 0 Å². The topological polar surface area (TPSA) is 60.1 Å². The summed E-state index contributed by atoms with van der Waals surface area (Å²) >= 11 is 0. The number of rotatable bonds is 7. The first-order chi connectivity index (χ1) is 14.0. The van der Waals surface area contributed by atoms with E-state index in [2.05, 4.69) is 45.9 Å². The van der Waals surface area contributed by atoms with Crippen LogP contribution in [0.25, 0.3) is 0 Å². The summed E-state index contributed by atoms with van der Waals surface area (Å²) < 4.78 is 5.20. The van der Waals surface area contributed by atoms with Crippen LogP contribution < -0.4 is 5.32 Å². The molecule has 1 unspecified atom stereocenters. The molecule has 0 aliphatic carbocycles. The normalized spacial score (nSPS) is 22.4. The van der Waals surface area contributed by atoms with Crippen molar-refractivity contribution in [2.75, 3.05) is 58.9 Å². The molecule has 1 atom stereocenters. The highest BCUT2D eigenvalue weighted by atomic mass is 16.5. The number of piperazine rings is 1. The average molecular weight is 405 g/mol. The molecule has 7 heteroatoms. The Morgan fingerprint density at radius 3 is 2.69 bits per heavy atom. The second kappa shape index (κ2) is 11.0. The van der Waals surface area contributed by atoms with Gasteiger partial charge in [-0.2, -0.15) is 0 Å². The number of guanidine groups is 1. The van der Waals surface area contributed by atoms with Crippen LogP contribution in [-0.2, 0) is 6.54 Å². The Hall–Kier alpha value is -1.60. The third-order valence-electron chi connectivity index (χ3n) is 5.79. The fraction of sp³-hybridized carbons (Fsp3) is 0.818. The molecule has 29 heavy (non-hydrogen) atoms. The van der Waals surface area contributed by atoms with Crippen LogP contribution in [0, 0.1) is 18.8 Å². The van der Waals surface area contributed by atoms with E-state index in [1.165, 1.54) is 32.5 Å². The molecule has 2 fully saturated rings. The number of hydrogen-bond acceptors (Lipinski definition) is 5. The van der Waals surface area contributed by atoms with E-state index in [-0.39, 0.29) is 0 Å². The molecule has 0 spiro atoms. The van der Waals surface area contributed by atoms with E-state index < -0.39 is 0 Å². The Morgan fingerprint density at radius 2 is 2.03 bits per heavy atom. The van der Waals surface area contributed by atoms with Crippen LogP contribution in [0.2, 0.25) is 0 Å². The van der Waals surface area contributed by atoms with Gasteiger partial charge < -0.3 is 19.6 Å². The number of piperidine rings is 1. The maximum absolute atomic E-state index is 5.20. The van der Waals surface area contributed by atoms with Crippen molar-refractivity contribution < 1.29 is 4.52 Å². The molecule has 0 saturated carbocycles. The minimum Gasteiger partial charge on any atom is -0.361 e. The van der Waals surface area contributed by atoms with Crippen molar-refractivity contribution >= 4 is 5.96 Å². The second-order valence-electron chi connectivity index (χ2n) is 9.05. The average Bonchev–Trinajstić information content (AvgIpc) is 3.10. The lowest BCUT2D eigenvalue weighted by Crippen LogP contribution is -2.52. The van der Waals surface area contributed by atoms with Crippen molar-refractivity contribution in [3.8, 4) is 0 Å². The minimum absolute atomic E-state index is 0.688. The quantitative estimate of drug-likeness (QED) is 0.556. The number of aliphatic imine (C=N–C) groups is 1. The van der Waals surface area contributed by atoms with E-state index in [9.17, 15) is 0 Å². The molecule has 0 bridgehead atoms. The Balaban J connectivity index is 1.49. The fourth-order valence-corrected chi connectivity index (χ4v) is 4.46. The molecule has 1 aromatic heterocycles. The summed E-state index contributed by atoms with van der Waals surface area (Å²) in [6.45, 7) is 19.2. The Labute approximate surface area is 176 Å². The molecule has 7 nitrogen and oxygen atoms in total. The Kier molecular flexibility index (Phi) is 8.36. The summed E-state index contributed by atoms with van der Waals surface area (Å²) in [5, 5.41) is 7.65. The third kappa shape index (κ3) is 7.00. The van der Waals surface area contributed by atoms with Crippen LogP contribution in [0.4, 0.5) is 0 Å². The highest BCUT2D eigenvalue weighted by Crippen LogP contribution is 2.18. The number of aryl methyl sites for hydroxylation is 1. The van der Waals surface area contributed by atoms with E-state index >= 15 is 0 Å². The van der Waals surface area contributed by atoms with E-state index in [4.69, 9.17) is 9.52 Å². The first kappa shape index (κ1) is 22.1. The molecular weight excluding hydrogens is 364 g/mol. The number of nitrogens with zero attached hydrogens (tertiary/aromatic N) is 5. The third-order valence-corrected chi connectivity index (χ3v) is 5.79. The summed E-state index contributed by atoms with van der Waals surface area (Å²) in [4.78, 5) is 12.5. The van der Waals surface area contributed by atoms with Gasteiger partial charge in [-0.3, -0.25) is 9.89 Å². The smallest absolute Gasteiger partial charge is 0.194 e. The standard InChI is InChI=1S/C22H40N6O/c1-5-23-22(24-14-20-7-6-8-27(16-20)15-18(2)3)28-11-9-26(10-12-28)17-21-13-19(4)29-25-21/h13,18,20H,5-12,14-17H2,1-4H3,(H,23,24). The zero-order valence-electron chi connectivity index (χ0n) is 18.9. The predicted molar refractivity (Wildman–Crippen MR) is 118 cm³/mol. The minimum atomic E-state index is 0.688. The van der Waals surface area contributed by atoms with Crippen molar-refractivity contribution in [3.63, 3.8) is 0 Å². The summed E-state index contributed by atoms with van der Waals surface area (Å²) in [5.74, 6) is 3.40. The molecule has 2 saturated heterocycles. The fourth-order valence-electron chi connectivity index (χ4n) is 4.46. The molecular formula is C22H40N6O. The monoisotopic (exact) mass is 404 g/mol. The Morgan fingerprint density at radius 1 is 1.24 bits per heavy atom. The van der Waals surface area contributed by atoms with Crippen molar-refractivity contribution in [2.45, 2.75) is 47.1 Å². The first-order valence-corrected chi connectivity index (χ1v) is 11.4. The van der Waals surface area contributed by atoms with Gasteiger partial charge in [0, 0.05) is 65.0 Å². The van der Waals surface area contributed by atoms with Gasteiger partial charge in [-0.15, -0.1) is 0 Å². The van der Waals surface area contributed by atoms with E-state index in [1.807, 2.05) is 13.0 Å². The second-order valence-corrected chi connectivity index (χ2v) is 9.05. The molecule has 2 aliphatic rings. The molecule has 0 radical (unpaired) electrons. The number of hydrogen-bond donors (Lipinski definition) is 1. The van der Waals surface area contributed by atoms with Crippen LogP contribution in [0.5, 0.6) is 0 Å². The lowest BCUT2D eigenvalue weighted by Gasteiger charge is -2.37. The number of likely N-dealkylation sites (tertiary alicyclic amines) is 1. The van der Waals surface area contributed by atoms with Crippen LogP contribution in [0.1, 0.15) is 45.1 Å². The zero-order valence-corrected chi connectivity index (χ0v) is 18.9. The van der Waals surface area contributed by atoms with Gasteiger partial charge in [0.15, 0.2) is 5.96 Å². The van der Waals surface area contributed by atoms with Crippen LogP contribution in [-0.4, -0.2) is 84.7 Å². The molecule has 164 valence electrons. The molecule has 0 aromatic carbocycles. The van der Waals surface area contributed by atoms with Crippen molar-refractivity contribution in [1.82, 2.24) is 25.2 Å². The number of nitrogens with one attached hydrogen (secondary N) is 1. The highest BCUT2D eigenvalue weighted by Gasteiger charge is 2.23. The van der Waals surface area contributed by atoms with Gasteiger partial charge in [0.1, 0.15) is 5.76 Å². The summed E-state index contributed by atoms with van der Waals surface area (Å²) in [7, 11) is 0. The van der Waals surface area contributed by atoms with Gasteiger partial charge in [0.05, 0.1) is 5.69 Å². The van der Waals surface area contributed by atoms with Crippen LogP contribution >= 0.6 is 0 Å². The summed E-state index contributed by atoms with van der Waals surface area (Å²) in [6, 6.07) is 2.03. The van der Waals surface area contributed by atoms with Gasteiger partial charge in [-0.1, -0.05) is 19.0 Å². The van der Waals surface area contributed by atoms with E-state index in [0.29, 0.717) is 5.92 Å². The SMILES string of the molecule is CCNC(=NCC1CCCN(CC(C)C)C1)N1CCN(Cc2cc(C)on2)CC1. The number of aromatic nitrogens is 1. The lowest BCUT2D eigenvalue weighted by molar-refractivity contribution is 0.159. The maximum atomic E-state index is 5.20. The van der Waals surface area contributed by atoms with Gasteiger partial charge in [0.25, 0.3) is 0 Å². The maximum Gasteiger partial charge on any atom is 0.194 e. The zero-order chi connectivity index (χ0) is 20.6. The highest BCUT2D eigenvalue weighted by molar-refractivity contribution is 5.80. The van der Waals surface area contributed by atoms with Crippen LogP contribution in [0.3, 0.4) is 0 Å². The van der Waals surface area contributed by atoms with Crippen molar-refractivity contribution in [3.05, 3.63) is 17.5 Å². The molecule has 3 rings (SSSR count). The van der Waals surface area contributed by atoms with Gasteiger partial charge in [-0.05, 0) is 45.1 Å². The lowest BCUT2D eigenvalue weighted by atomic mass is 9.97. The van der Waals surface area contributed by atoms with Gasteiger partial charge >= 0.3 is 0 Å². The summed E-state index contributed by atoms with van der Waals surface area (Å²) in [5.41, 5.74) is 1.03. The van der Waals surface area contributed by atoms with Gasteiger partial charge in [-0.25, -0.2) is 0 Å². The predicted octanol–water partition coefficient (Wildman–Crippen LogP) is 2.43. The largest absolute Gasteiger partial charge is 0.361 e. The van der Waals surface area contributed by atoms with E-state index in [0.717, 1.165) is 69.1 Å². The Bertz CT molecular complexity index is 635.